The van der Waals surface area contributed by atoms with E-state index in [1.54, 1.807) is 29.2 Å². The van der Waals surface area contributed by atoms with Crippen LogP contribution in [0.25, 0.3) is 17.2 Å². The van der Waals surface area contributed by atoms with Crippen LogP contribution in [0.2, 0.25) is 0 Å². The van der Waals surface area contributed by atoms with Crippen molar-refractivity contribution in [3.63, 3.8) is 0 Å². The molecule has 1 aromatic carbocycles. The average Bonchev–Trinajstić information content (AvgIpc) is 3.36. The van der Waals surface area contributed by atoms with Gasteiger partial charge < -0.3 is 4.74 Å². The summed E-state index contributed by atoms with van der Waals surface area (Å²) in [6.07, 6.45) is 3.04. The van der Waals surface area contributed by atoms with E-state index in [-0.39, 0.29) is 11.7 Å². The van der Waals surface area contributed by atoms with Crippen LogP contribution in [0.15, 0.2) is 48.0 Å². The monoisotopic (exact) mass is 376 g/mol. The van der Waals surface area contributed by atoms with E-state index in [1.165, 1.54) is 4.88 Å². The number of ether oxygens (including phenoxy) is 1. The smallest absolute Gasteiger partial charge is 0.252 e. The molecule has 4 aromatic rings. The van der Waals surface area contributed by atoms with Crippen LogP contribution in [-0.4, -0.2) is 32.5 Å². The molecule has 3 heterocycles. The number of nitrogens with zero attached hydrogens (tertiary/aromatic N) is 4. The third-order valence-electron chi connectivity index (χ3n) is 4.88. The number of fused-ring (bicyclic) bond motifs is 2. The maximum atomic E-state index is 12.7. The molecule has 7 heteroatoms. The van der Waals surface area contributed by atoms with Gasteiger partial charge in [-0.2, -0.15) is 4.98 Å². The van der Waals surface area contributed by atoms with Crippen molar-refractivity contribution in [2.45, 2.75) is 18.8 Å². The fraction of sp³-hybridized carbons (Fsp3) is 0.200. The summed E-state index contributed by atoms with van der Waals surface area (Å²) in [6.45, 7) is 0. The number of methoxy groups -OCH3 is 1. The van der Waals surface area contributed by atoms with Gasteiger partial charge >= 0.3 is 0 Å². The van der Waals surface area contributed by atoms with Crippen molar-refractivity contribution < 1.29 is 9.53 Å². The molecule has 1 aliphatic rings. The number of hydrogen-bond donors (Lipinski definition) is 0. The summed E-state index contributed by atoms with van der Waals surface area (Å²) in [5, 5.41) is 6.55. The second-order valence-electron chi connectivity index (χ2n) is 6.55. The van der Waals surface area contributed by atoms with Crippen molar-refractivity contribution in [2.75, 3.05) is 7.11 Å². The Bertz CT molecular complexity index is 1130. The zero-order valence-electron chi connectivity index (χ0n) is 14.6. The van der Waals surface area contributed by atoms with Crippen molar-refractivity contribution in [2.24, 2.45) is 0 Å². The number of benzene rings is 1. The highest BCUT2D eigenvalue weighted by molar-refractivity contribution is 7.10. The highest BCUT2D eigenvalue weighted by Gasteiger charge is 2.29. The van der Waals surface area contributed by atoms with Gasteiger partial charge in [-0.25, -0.2) is 9.50 Å². The standard InChI is InChI=1S/C20H16N4O2S/c1-26-14-6-4-12(5-7-14)19-22-20-21-16-9-13(18-3-2-8-27-18)10-17(25)15(16)11-24(20)23-19/h2-8,11,13H,9-10H2,1H3/t13-/m0/s1. The number of thiophene rings is 1. The summed E-state index contributed by atoms with van der Waals surface area (Å²) < 4.78 is 6.79. The normalized spacial score (nSPS) is 16.5. The van der Waals surface area contributed by atoms with Crippen LogP contribution in [0.1, 0.15) is 33.3 Å². The predicted octanol–water partition coefficient (Wildman–Crippen LogP) is 3.77. The number of Topliss-reactive ketones (excluding diaryl/α,β-unsaturated/α-hetero) is 1. The first-order chi connectivity index (χ1) is 13.2. The molecule has 0 radical (unpaired) electrons. The van der Waals surface area contributed by atoms with Crippen LogP contribution in [-0.2, 0) is 6.42 Å². The number of hydrogen-bond acceptors (Lipinski definition) is 6. The van der Waals surface area contributed by atoms with Crippen molar-refractivity contribution in [3.05, 3.63) is 64.1 Å². The molecule has 0 N–H and O–H groups in total. The Labute approximate surface area is 159 Å². The molecule has 0 saturated heterocycles. The number of rotatable bonds is 3. The molecule has 0 bridgehead atoms. The molecule has 6 nitrogen and oxygen atoms in total. The Morgan fingerprint density at radius 1 is 1.15 bits per heavy atom. The maximum absolute atomic E-state index is 12.7. The van der Waals surface area contributed by atoms with Gasteiger partial charge in [0.15, 0.2) is 11.6 Å². The van der Waals surface area contributed by atoms with Gasteiger partial charge in [0, 0.05) is 29.0 Å². The van der Waals surface area contributed by atoms with Crippen molar-refractivity contribution in [1.82, 2.24) is 19.6 Å². The van der Waals surface area contributed by atoms with Crippen molar-refractivity contribution in [3.8, 4) is 17.1 Å². The highest BCUT2D eigenvalue weighted by atomic mass is 32.1. The minimum absolute atomic E-state index is 0.116. The van der Waals surface area contributed by atoms with Crippen LogP contribution in [0.5, 0.6) is 5.75 Å². The summed E-state index contributed by atoms with van der Waals surface area (Å²) >= 11 is 1.69. The quantitative estimate of drug-likeness (QED) is 0.544. The molecule has 0 amide bonds. The lowest BCUT2D eigenvalue weighted by Gasteiger charge is -2.21. The first-order valence-corrected chi connectivity index (χ1v) is 9.56. The van der Waals surface area contributed by atoms with E-state index in [1.807, 2.05) is 35.7 Å². The van der Waals surface area contributed by atoms with Gasteiger partial charge in [0.25, 0.3) is 5.78 Å². The molecule has 1 aliphatic carbocycles. The van der Waals surface area contributed by atoms with Crippen LogP contribution in [0, 0.1) is 0 Å². The molecular weight excluding hydrogens is 360 g/mol. The minimum Gasteiger partial charge on any atom is -0.497 e. The number of aromatic nitrogens is 4. The van der Waals surface area contributed by atoms with Gasteiger partial charge in [0.05, 0.1) is 18.4 Å². The number of ketones is 1. The van der Waals surface area contributed by atoms with E-state index >= 15 is 0 Å². The molecule has 27 heavy (non-hydrogen) atoms. The third-order valence-corrected chi connectivity index (χ3v) is 5.91. The fourth-order valence-corrected chi connectivity index (χ4v) is 4.30. The highest BCUT2D eigenvalue weighted by Crippen LogP contribution is 2.34. The number of carbonyl (C=O) groups excluding carboxylic acids is 1. The number of carbonyl (C=O) groups is 1. The molecule has 0 spiro atoms. The molecular formula is C20H16N4O2S. The third kappa shape index (κ3) is 2.80. The Balaban J connectivity index is 1.54. The second kappa shape index (κ2) is 6.28. The minimum atomic E-state index is 0.116. The van der Waals surface area contributed by atoms with Gasteiger partial charge in [-0.05, 0) is 42.1 Å². The first kappa shape index (κ1) is 16.1. The molecule has 5 rings (SSSR count). The molecule has 134 valence electrons. The second-order valence-corrected chi connectivity index (χ2v) is 7.53. The topological polar surface area (TPSA) is 69.4 Å². The van der Waals surface area contributed by atoms with Crippen LogP contribution >= 0.6 is 11.3 Å². The largest absolute Gasteiger partial charge is 0.497 e. The average molecular weight is 376 g/mol. The van der Waals surface area contributed by atoms with Crippen molar-refractivity contribution >= 4 is 22.9 Å². The fourth-order valence-electron chi connectivity index (χ4n) is 3.47. The molecule has 3 aromatic heterocycles. The lowest BCUT2D eigenvalue weighted by atomic mass is 9.86. The Kier molecular flexibility index (Phi) is 3.75. The SMILES string of the molecule is COc1ccc(-c2nc3nc4c(cn3n2)C(=O)C[C@@H](c2cccs2)C4)cc1. The molecule has 0 aliphatic heterocycles. The van der Waals surface area contributed by atoms with Crippen molar-refractivity contribution in [1.29, 1.82) is 0 Å². The Hall–Kier alpha value is -3.06. The summed E-state index contributed by atoms with van der Waals surface area (Å²) in [6, 6.07) is 11.7. The zero-order chi connectivity index (χ0) is 18.4. The van der Waals surface area contributed by atoms with E-state index in [2.05, 4.69) is 21.1 Å². The molecule has 1 atom stereocenters. The van der Waals surface area contributed by atoms with E-state index in [0.29, 0.717) is 23.6 Å². The van der Waals surface area contributed by atoms with E-state index in [9.17, 15) is 4.79 Å². The molecule has 0 saturated carbocycles. The van der Waals surface area contributed by atoms with Crippen LogP contribution in [0.3, 0.4) is 0 Å². The zero-order valence-corrected chi connectivity index (χ0v) is 15.4. The Morgan fingerprint density at radius 3 is 2.74 bits per heavy atom. The first-order valence-electron chi connectivity index (χ1n) is 8.68. The van der Waals surface area contributed by atoms with Crippen LogP contribution in [0.4, 0.5) is 0 Å². The lowest BCUT2D eigenvalue weighted by molar-refractivity contribution is 0.0963. The maximum Gasteiger partial charge on any atom is 0.252 e. The lowest BCUT2D eigenvalue weighted by Crippen LogP contribution is -2.20. The molecule has 0 unspecified atom stereocenters. The summed E-state index contributed by atoms with van der Waals surface area (Å²) in [5.41, 5.74) is 2.34. The summed E-state index contributed by atoms with van der Waals surface area (Å²) in [4.78, 5) is 23.1. The van der Waals surface area contributed by atoms with Gasteiger partial charge in [-0.3, -0.25) is 4.79 Å². The van der Waals surface area contributed by atoms with E-state index in [0.717, 1.165) is 23.4 Å². The molecule has 0 fully saturated rings. The van der Waals surface area contributed by atoms with Gasteiger partial charge in [-0.1, -0.05) is 6.07 Å². The van der Waals surface area contributed by atoms with E-state index in [4.69, 9.17) is 4.74 Å². The van der Waals surface area contributed by atoms with Gasteiger partial charge in [0.1, 0.15) is 5.75 Å². The predicted molar refractivity (Wildman–Crippen MR) is 102 cm³/mol. The van der Waals surface area contributed by atoms with Gasteiger partial charge in [0.2, 0.25) is 0 Å². The van der Waals surface area contributed by atoms with Gasteiger partial charge in [-0.15, -0.1) is 16.4 Å². The van der Waals surface area contributed by atoms with Crippen LogP contribution < -0.4 is 4.74 Å². The Morgan fingerprint density at radius 2 is 2.00 bits per heavy atom. The summed E-state index contributed by atoms with van der Waals surface area (Å²) in [7, 11) is 1.63. The van der Waals surface area contributed by atoms with E-state index < -0.39 is 0 Å². The summed E-state index contributed by atoms with van der Waals surface area (Å²) in [5.74, 6) is 2.18.